The number of aromatic nitrogens is 1. The zero-order chi connectivity index (χ0) is 22.1. The predicted octanol–water partition coefficient (Wildman–Crippen LogP) is 1.94. The minimum atomic E-state index is -1.65. The van der Waals surface area contributed by atoms with Crippen LogP contribution in [0.15, 0.2) is 29.1 Å². The standard InChI is InChI=1S/C20H26FN3O5S/c1-12-4-5-15(14(21)8-12)22-19-18(16(29-3)9-17(27)24(19)2)23-30(28)20(6-7-20)10-13(26)11-25/h4-5,8-9,13,22-23,25-26H,6-7,10-11H2,1-3H3/t13-,30?/m0/s1. The zero-order valence-corrected chi connectivity index (χ0v) is 17.9. The van der Waals surface area contributed by atoms with E-state index in [4.69, 9.17) is 9.84 Å². The smallest absolute Gasteiger partial charge is 0.255 e. The van der Waals surface area contributed by atoms with Crippen LogP contribution in [0.4, 0.5) is 21.6 Å². The first-order valence-electron chi connectivity index (χ1n) is 9.49. The summed E-state index contributed by atoms with van der Waals surface area (Å²) in [6, 6.07) is 5.89. The van der Waals surface area contributed by atoms with E-state index < -0.39 is 39.8 Å². The van der Waals surface area contributed by atoms with E-state index in [0.717, 1.165) is 5.56 Å². The van der Waals surface area contributed by atoms with Gasteiger partial charge >= 0.3 is 0 Å². The highest BCUT2D eigenvalue weighted by molar-refractivity contribution is 7.88. The third kappa shape index (κ3) is 4.50. The molecule has 1 aromatic carbocycles. The van der Waals surface area contributed by atoms with Crippen molar-refractivity contribution in [1.29, 1.82) is 0 Å². The molecule has 1 unspecified atom stereocenters. The number of hydrogen-bond acceptors (Lipinski definition) is 6. The summed E-state index contributed by atoms with van der Waals surface area (Å²) < 4.78 is 36.3. The molecule has 0 bridgehead atoms. The zero-order valence-electron chi connectivity index (χ0n) is 17.1. The van der Waals surface area contributed by atoms with Gasteiger partial charge in [-0.2, -0.15) is 0 Å². The number of anilines is 3. The van der Waals surface area contributed by atoms with Gasteiger partial charge in [0.2, 0.25) is 0 Å². The third-order valence-electron chi connectivity index (χ3n) is 5.22. The quantitative estimate of drug-likeness (QED) is 0.475. The first kappa shape index (κ1) is 22.3. The molecule has 1 aromatic heterocycles. The lowest BCUT2D eigenvalue weighted by molar-refractivity contribution is 0.0862. The SMILES string of the molecule is COc1cc(=O)n(C)c(Nc2ccc(C)cc2F)c1NS(=O)C1(C[C@H](O)CO)CC1. The molecule has 0 saturated heterocycles. The van der Waals surface area contributed by atoms with Crippen molar-refractivity contribution in [2.75, 3.05) is 23.8 Å². The molecule has 1 fully saturated rings. The van der Waals surface area contributed by atoms with Gasteiger partial charge in [-0.15, -0.1) is 0 Å². The number of aliphatic hydroxyl groups is 2. The van der Waals surface area contributed by atoms with Gasteiger partial charge < -0.3 is 20.3 Å². The van der Waals surface area contributed by atoms with E-state index in [1.165, 1.54) is 30.9 Å². The minimum absolute atomic E-state index is 0.148. The van der Waals surface area contributed by atoms with E-state index in [1.807, 2.05) is 0 Å². The van der Waals surface area contributed by atoms with Gasteiger partial charge in [0.05, 0.1) is 30.3 Å². The Morgan fingerprint density at radius 2 is 2.07 bits per heavy atom. The van der Waals surface area contributed by atoms with E-state index in [0.29, 0.717) is 12.8 Å². The van der Waals surface area contributed by atoms with Crippen molar-refractivity contribution < 1.29 is 23.5 Å². The molecule has 4 N–H and O–H groups in total. The topological polar surface area (TPSA) is 113 Å². The van der Waals surface area contributed by atoms with E-state index in [1.54, 1.807) is 19.1 Å². The second-order valence-corrected chi connectivity index (χ2v) is 9.14. The molecule has 1 saturated carbocycles. The molecule has 0 aliphatic heterocycles. The summed E-state index contributed by atoms with van der Waals surface area (Å²) in [5, 5.41) is 21.8. The largest absolute Gasteiger partial charge is 0.494 e. The Morgan fingerprint density at radius 3 is 2.63 bits per heavy atom. The lowest BCUT2D eigenvalue weighted by Crippen LogP contribution is -2.30. The van der Waals surface area contributed by atoms with Crippen LogP contribution >= 0.6 is 0 Å². The third-order valence-corrected chi connectivity index (χ3v) is 6.97. The molecule has 1 aliphatic carbocycles. The van der Waals surface area contributed by atoms with Crippen LogP contribution < -0.4 is 20.3 Å². The van der Waals surface area contributed by atoms with Crippen molar-refractivity contribution in [2.45, 2.75) is 37.0 Å². The molecule has 0 amide bonds. The summed E-state index contributed by atoms with van der Waals surface area (Å²) in [4.78, 5) is 12.4. The Kier molecular flexibility index (Phi) is 6.49. The number of methoxy groups -OCH3 is 1. The Bertz CT molecular complexity index is 1020. The first-order valence-corrected chi connectivity index (χ1v) is 10.6. The molecule has 8 nitrogen and oxygen atoms in total. The van der Waals surface area contributed by atoms with Crippen molar-refractivity contribution in [1.82, 2.24) is 4.57 Å². The maximum absolute atomic E-state index is 14.4. The number of halogens is 1. The average molecular weight is 440 g/mol. The van der Waals surface area contributed by atoms with Gasteiger partial charge in [-0.25, -0.2) is 8.60 Å². The molecule has 2 aromatic rings. The second-order valence-electron chi connectivity index (χ2n) is 7.54. The minimum Gasteiger partial charge on any atom is -0.494 e. The van der Waals surface area contributed by atoms with Gasteiger partial charge in [0.15, 0.2) is 5.75 Å². The highest BCUT2D eigenvalue weighted by Gasteiger charge is 2.50. The van der Waals surface area contributed by atoms with Crippen molar-refractivity contribution in [3.63, 3.8) is 0 Å². The van der Waals surface area contributed by atoms with Crippen molar-refractivity contribution in [2.24, 2.45) is 7.05 Å². The van der Waals surface area contributed by atoms with Crippen molar-refractivity contribution >= 4 is 28.2 Å². The fraction of sp³-hybridized carbons (Fsp3) is 0.450. The lowest BCUT2D eigenvalue weighted by Gasteiger charge is -2.23. The maximum atomic E-state index is 14.4. The number of nitrogens with one attached hydrogen (secondary N) is 2. The molecule has 2 atom stereocenters. The number of aliphatic hydroxyl groups excluding tert-OH is 2. The van der Waals surface area contributed by atoms with Crippen LogP contribution in [-0.4, -0.2) is 43.6 Å². The van der Waals surface area contributed by atoms with Gasteiger partial charge in [0.25, 0.3) is 5.56 Å². The van der Waals surface area contributed by atoms with Crippen LogP contribution in [0.25, 0.3) is 0 Å². The molecule has 3 rings (SSSR count). The van der Waals surface area contributed by atoms with Gasteiger partial charge in [-0.1, -0.05) is 6.07 Å². The molecule has 1 aliphatic rings. The van der Waals surface area contributed by atoms with Crippen LogP contribution in [0.2, 0.25) is 0 Å². The normalized spacial score (nSPS) is 16.6. The summed E-state index contributed by atoms with van der Waals surface area (Å²) in [5.74, 6) is -0.156. The Balaban J connectivity index is 2.00. The fourth-order valence-electron chi connectivity index (χ4n) is 3.23. The van der Waals surface area contributed by atoms with Gasteiger partial charge in [-0.05, 0) is 43.9 Å². The molecule has 10 heteroatoms. The highest BCUT2D eigenvalue weighted by Crippen LogP contribution is 2.47. The average Bonchev–Trinajstić information content (AvgIpc) is 3.49. The van der Waals surface area contributed by atoms with E-state index in [9.17, 15) is 18.5 Å². The molecular formula is C20H26FN3O5S. The van der Waals surface area contributed by atoms with Gasteiger partial charge in [-0.3, -0.25) is 14.1 Å². The second kappa shape index (κ2) is 8.75. The molecule has 30 heavy (non-hydrogen) atoms. The van der Waals surface area contributed by atoms with Crippen LogP contribution in [0.5, 0.6) is 5.75 Å². The molecule has 1 heterocycles. The molecule has 0 spiro atoms. The van der Waals surface area contributed by atoms with E-state index in [2.05, 4.69) is 10.0 Å². The van der Waals surface area contributed by atoms with Crippen LogP contribution in [-0.2, 0) is 18.0 Å². The Labute approximate surface area is 176 Å². The maximum Gasteiger partial charge on any atom is 0.255 e. The summed E-state index contributed by atoms with van der Waals surface area (Å²) in [5.41, 5.74) is 0.738. The predicted molar refractivity (Wildman–Crippen MR) is 114 cm³/mol. The van der Waals surface area contributed by atoms with Crippen LogP contribution in [0, 0.1) is 12.7 Å². The molecule has 0 radical (unpaired) electrons. The first-order chi connectivity index (χ1) is 14.2. The van der Waals surface area contributed by atoms with E-state index in [-0.39, 0.29) is 29.4 Å². The molecular weight excluding hydrogens is 413 g/mol. The summed E-state index contributed by atoms with van der Waals surface area (Å²) in [7, 11) is 1.24. The van der Waals surface area contributed by atoms with Crippen LogP contribution in [0.1, 0.15) is 24.8 Å². The number of ether oxygens (including phenoxy) is 1. The van der Waals surface area contributed by atoms with Crippen LogP contribution in [0.3, 0.4) is 0 Å². The van der Waals surface area contributed by atoms with Crippen molar-refractivity contribution in [3.05, 3.63) is 46.0 Å². The number of hydrogen-bond donors (Lipinski definition) is 4. The highest BCUT2D eigenvalue weighted by atomic mass is 32.2. The van der Waals surface area contributed by atoms with Gasteiger partial charge in [0.1, 0.15) is 28.3 Å². The van der Waals surface area contributed by atoms with Crippen molar-refractivity contribution in [3.8, 4) is 5.75 Å². The lowest BCUT2D eigenvalue weighted by atomic mass is 10.2. The number of rotatable bonds is 9. The fourth-order valence-corrected chi connectivity index (χ4v) is 4.65. The number of pyridine rings is 1. The Morgan fingerprint density at radius 1 is 1.37 bits per heavy atom. The number of benzene rings is 1. The number of nitrogens with zero attached hydrogens (tertiary/aromatic N) is 1. The van der Waals surface area contributed by atoms with Gasteiger partial charge in [0, 0.05) is 13.1 Å². The summed E-state index contributed by atoms with van der Waals surface area (Å²) >= 11 is 0. The van der Waals surface area contributed by atoms with E-state index >= 15 is 0 Å². The molecule has 164 valence electrons. The summed E-state index contributed by atoms with van der Waals surface area (Å²) in [6.07, 6.45) is 0.437. The number of aryl methyl sites for hydroxylation is 1. The summed E-state index contributed by atoms with van der Waals surface area (Å²) in [6.45, 7) is 1.35. The monoisotopic (exact) mass is 439 g/mol. The Hall–Kier alpha value is -2.43.